The molecule has 0 saturated heterocycles. The van der Waals surface area contributed by atoms with Crippen molar-refractivity contribution in [3.05, 3.63) is 23.3 Å². The molecule has 0 aromatic carbocycles. The fraction of sp³-hybridized carbons (Fsp3) is 0.545. The van der Waals surface area contributed by atoms with Gasteiger partial charge >= 0.3 is 0 Å². The Balaban J connectivity index is 2.50. The molecule has 0 fully saturated rings. The van der Waals surface area contributed by atoms with E-state index in [0.29, 0.717) is 5.78 Å². The molecule has 12 heavy (non-hydrogen) atoms. The zero-order valence-corrected chi connectivity index (χ0v) is 7.89. The first kappa shape index (κ1) is 9.24. The molecule has 1 nitrogen and oxygen atoms in total. The van der Waals surface area contributed by atoms with Gasteiger partial charge in [0.25, 0.3) is 0 Å². The molecule has 0 atom stereocenters. The van der Waals surface area contributed by atoms with Gasteiger partial charge in [-0.2, -0.15) is 0 Å². The van der Waals surface area contributed by atoms with E-state index in [1.54, 1.807) is 0 Å². The monoisotopic (exact) mass is 164 g/mol. The normalized spacial score (nSPS) is 18.3. The molecule has 0 saturated carbocycles. The summed E-state index contributed by atoms with van der Waals surface area (Å²) in [6.07, 6.45) is 7.84. The van der Waals surface area contributed by atoms with Crippen LogP contribution in [0.15, 0.2) is 23.3 Å². The third-order valence-electron chi connectivity index (χ3n) is 2.38. The molecule has 0 aliphatic heterocycles. The number of Topliss-reactive ketones (excluding diaryl/α,β-unsaturated/α-hetero) is 1. The van der Waals surface area contributed by atoms with Crippen molar-refractivity contribution >= 4 is 5.78 Å². The second kappa shape index (κ2) is 4.24. The van der Waals surface area contributed by atoms with Crippen LogP contribution in [-0.2, 0) is 4.79 Å². The van der Waals surface area contributed by atoms with Crippen LogP contribution in [0.3, 0.4) is 0 Å². The van der Waals surface area contributed by atoms with Crippen LogP contribution in [0.25, 0.3) is 0 Å². The summed E-state index contributed by atoms with van der Waals surface area (Å²) in [6, 6.07) is 0. The Labute approximate surface area is 74.2 Å². The van der Waals surface area contributed by atoms with Crippen molar-refractivity contribution in [3.8, 4) is 0 Å². The fourth-order valence-electron chi connectivity index (χ4n) is 1.59. The molecule has 1 rings (SSSR count). The van der Waals surface area contributed by atoms with Crippen molar-refractivity contribution < 1.29 is 4.79 Å². The van der Waals surface area contributed by atoms with Crippen LogP contribution < -0.4 is 0 Å². The van der Waals surface area contributed by atoms with Gasteiger partial charge in [0.15, 0.2) is 5.78 Å². The molecule has 0 N–H and O–H groups in total. The number of hydrogen-bond acceptors (Lipinski definition) is 1. The van der Waals surface area contributed by atoms with E-state index in [1.807, 2.05) is 13.0 Å². The first-order chi connectivity index (χ1) is 5.75. The van der Waals surface area contributed by atoms with E-state index in [1.165, 1.54) is 5.57 Å². The molecule has 0 aromatic rings. The Bertz CT molecular complexity index is 233. The quantitative estimate of drug-likeness (QED) is 0.586. The third-order valence-corrected chi connectivity index (χ3v) is 2.38. The van der Waals surface area contributed by atoms with Gasteiger partial charge in [-0.1, -0.05) is 17.7 Å². The predicted molar refractivity (Wildman–Crippen MR) is 51.0 cm³/mol. The van der Waals surface area contributed by atoms with Crippen LogP contribution in [0.2, 0.25) is 0 Å². The highest BCUT2D eigenvalue weighted by molar-refractivity contribution is 5.98. The topological polar surface area (TPSA) is 17.1 Å². The fourth-order valence-corrected chi connectivity index (χ4v) is 1.59. The molecule has 0 unspecified atom stereocenters. The van der Waals surface area contributed by atoms with Gasteiger partial charge in [0.2, 0.25) is 0 Å². The molecular weight excluding hydrogens is 148 g/mol. The van der Waals surface area contributed by atoms with Crippen LogP contribution in [0, 0.1) is 0 Å². The molecule has 0 aromatic heterocycles. The molecule has 0 spiro atoms. The van der Waals surface area contributed by atoms with Crippen molar-refractivity contribution in [2.24, 2.45) is 0 Å². The van der Waals surface area contributed by atoms with E-state index in [4.69, 9.17) is 0 Å². The van der Waals surface area contributed by atoms with Gasteiger partial charge in [-0.3, -0.25) is 4.79 Å². The molecule has 0 bridgehead atoms. The van der Waals surface area contributed by atoms with Crippen molar-refractivity contribution in [2.45, 2.75) is 39.5 Å². The van der Waals surface area contributed by atoms with Crippen LogP contribution in [-0.4, -0.2) is 5.78 Å². The van der Waals surface area contributed by atoms with Gasteiger partial charge in [-0.05, 0) is 38.7 Å². The maximum Gasteiger partial charge on any atom is 0.159 e. The smallest absolute Gasteiger partial charge is 0.159 e. The molecule has 0 amide bonds. The zero-order valence-electron chi connectivity index (χ0n) is 7.89. The van der Waals surface area contributed by atoms with Crippen molar-refractivity contribution in [2.75, 3.05) is 0 Å². The lowest BCUT2D eigenvalue weighted by atomic mass is 10.1. The summed E-state index contributed by atoms with van der Waals surface area (Å²) in [5.41, 5.74) is 2.40. The summed E-state index contributed by atoms with van der Waals surface area (Å²) in [5.74, 6) is 0.372. The summed E-state index contributed by atoms with van der Waals surface area (Å²) >= 11 is 0. The first-order valence-electron chi connectivity index (χ1n) is 4.58. The summed E-state index contributed by atoms with van der Waals surface area (Å²) in [6.45, 7) is 4.09. The molecule has 1 aliphatic carbocycles. The average Bonchev–Trinajstić information content (AvgIpc) is 2.35. The van der Waals surface area contributed by atoms with Crippen LogP contribution >= 0.6 is 0 Å². The third kappa shape index (κ3) is 2.07. The highest BCUT2D eigenvalue weighted by Crippen LogP contribution is 2.25. The van der Waals surface area contributed by atoms with E-state index in [2.05, 4.69) is 13.0 Å². The highest BCUT2D eigenvalue weighted by Gasteiger charge is 2.18. The Morgan fingerprint density at radius 3 is 2.67 bits per heavy atom. The van der Waals surface area contributed by atoms with Gasteiger partial charge in [0.05, 0.1) is 0 Å². The SMILES string of the molecule is C/C=C\CCC1=C(C)CCC1=O. The molecule has 0 heterocycles. The summed E-state index contributed by atoms with van der Waals surface area (Å²) in [4.78, 5) is 11.3. The standard InChI is InChI=1S/C11H16O/c1-3-4-5-6-10-9(2)7-8-11(10)12/h3-4H,5-8H2,1-2H3/b4-3-. The maximum atomic E-state index is 11.3. The molecule has 66 valence electrons. The average molecular weight is 164 g/mol. The van der Waals surface area contributed by atoms with E-state index < -0.39 is 0 Å². The molecule has 1 aliphatic rings. The minimum atomic E-state index is 0.372. The summed E-state index contributed by atoms with van der Waals surface area (Å²) in [5, 5.41) is 0. The number of allylic oxidation sites excluding steroid dienone is 4. The van der Waals surface area contributed by atoms with E-state index in [9.17, 15) is 4.79 Å². The summed E-state index contributed by atoms with van der Waals surface area (Å²) < 4.78 is 0. The van der Waals surface area contributed by atoms with E-state index >= 15 is 0 Å². The van der Waals surface area contributed by atoms with Gasteiger partial charge in [-0.15, -0.1) is 0 Å². The molecular formula is C11H16O. The minimum absolute atomic E-state index is 0.372. The molecule has 1 heteroatoms. The van der Waals surface area contributed by atoms with E-state index in [0.717, 1.165) is 31.3 Å². The largest absolute Gasteiger partial charge is 0.295 e. The van der Waals surface area contributed by atoms with Crippen LogP contribution in [0.4, 0.5) is 0 Å². The van der Waals surface area contributed by atoms with Crippen LogP contribution in [0.5, 0.6) is 0 Å². The lowest BCUT2D eigenvalue weighted by molar-refractivity contribution is -0.115. The van der Waals surface area contributed by atoms with Gasteiger partial charge < -0.3 is 0 Å². The van der Waals surface area contributed by atoms with Gasteiger partial charge in [0.1, 0.15) is 0 Å². The zero-order chi connectivity index (χ0) is 8.97. The Kier molecular flexibility index (Phi) is 3.27. The van der Waals surface area contributed by atoms with Gasteiger partial charge in [-0.25, -0.2) is 0 Å². The van der Waals surface area contributed by atoms with Crippen LogP contribution in [0.1, 0.15) is 39.5 Å². The maximum absolute atomic E-state index is 11.3. The van der Waals surface area contributed by atoms with Crippen molar-refractivity contribution in [1.29, 1.82) is 0 Å². The number of carbonyl (C=O) groups is 1. The Morgan fingerprint density at radius 2 is 2.17 bits per heavy atom. The number of rotatable bonds is 3. The first-order valence-corrected chi connectivity index (χ1v) is 4.58. The Hall–Kier alpha value is -0.850. The predicted octanol–water partition coefficient (Wildman–Crippen LogP) is 3.02. The number of ketones is 1. The lowest BCUT2D eigenvalue weighted by Gasteiger charge is -1.98. The Morgan fingerprint density at radius 1 is 1.42 bits per heavy atom. The second-order valence-electron chi connectivity index (χ2n) is 3.29. The number of carbonyl (C=O) groups excluding carboxylic acids is 1. The van der Waals surface area contributed by atoms with Crippen molar-refractivity contribution in [3.63, 3.8) is 0 Å². The lowest BCUT2D eigenvalue weighted by Crippen LogP contribution is -1.95. The number of hydrogen-bond donors (Lipinski definition) is 0. The van der Waals surface area contributed by atoms with E-state index in [-0.39, 0.29) is 0 Å². The second-order valence-corrected chi connectivity index (χ2v) is 3.29. The highest BCUT2D eigenvalue weighted by atomic mass is 16.1. The molecule has 0 radical (unpaired) electrons. The minimum Gasteiger partial charge on any atom is -0.295 e. The summed E-state index contributed by atoms with van der Waals surface area (Å²) in [7, 11) is 0. The van der Waals surface area contributed by atoms with Gasteiger partial charge in [0, 0.05) is 6.42 Å². The van der Waals surface area contributed by atoms with Crippen molar-refractivity contribution in [1.82, 2.24) is 0 Å².